The Hall–Kier alpha value is -0.860. The van der Waals surface area contributed by atoms with Crippen LogP contribution in [-0.4, -0.2) is 48.7 Å². The maximum atomic E-state index is 12.8. The van der Waals surface area contributed by atoms with Crippen molar-refractivity contribution in [3.63, 3.8) is 0 Å². The van der Waals surface area contributed by atoms with Gasteiger partial charge in [-0.05, 0) is 135 Å². The van der Waals surface area contributed by atoms with E-state index >= 15 is 0 Å². The molecular formula is C34H60N2O5S. The van der Waals surface area contributed by atoms with Gasteiger partial charge in [0, 0.05) is 6.54 Å². The van der Waals surface area contributed by atoms with Gasteiger partial charge in [-0.2, -0.15) is 0 Å². The van der Waals surface area contributed by atoms with Crippen LogP contribution in [0.2, 0.25) is 0 Å². The standard InChI is InChI=1S/C34H60N2O5S/c1-7-24-28-20-22(37)10-17-34(28,6)27-13-18-33(5)25(8-9-26(33)29(27)30(24)38)21(2)14-19-35-31(39)36-42(40,41)23-11-15-32(3,4)16-12-23/h21-30,37-38H,7-20H2,1-6H3,(H2,35,36,39)/t21-,22-,24-,25-,26+,27+,28+,29+,30-,33-,34-/m1/s1. The molecule has 7 nitrogen and oxygen atoms in total. The summed E-state index contributed by atoms with van der Waals surface area (Å²) >= 11 is 0. The second-order valence-corrected chi connectivity index (χ2v) is 18.6. The molecule has 0 aromatic carbocycles. The van der Waals surface area contributed by atoms with Crippen LogP contribution in [0, 0.1) is 57.7 Å². The summed E-state index contributed by atoms with van der Waals surface area (Å²) in [6, 6.07) is -0.598. The Kier molecular flexibility index (Phi) is 9.15. The Labute approximate surface area is 255 Å². The fraction of sp³-hybridized carbons (Fsp3) is 0.971. The van der Waals surface area contributed by atoms with Crippen LogP contribution in [0.1, 0.15) is 125 Å². The average Bonchev–Trinajstić information content (AvgIpc) is 3.26. The molecule has 0 unspecified atom stereocenters. The number of carbonyl (C=O) groups excluding carboxylic acids is 1. The van der Waals surface area contributed by atoms with Gasteiger partial charge in [-0.3, -0.25) is 0 Å². The molecule has 5 aliphatic carbocycles. The highest BCUT2D eigenvalue weighted by atomic mass is 32.2. The Morgan fingerprint density at radius 1 is 0.881 bits per heavy atom. The van der Waals surface area contributed by atoms with Gasteiger partial charge in [0.2, 0.25) is 10.0 Å². The molecule has 242 valence electrons. The fourth-order valence-corrected chi connectivity index (χ4v) is 12.8. The van der Waals surface area contributed by atoms with Gasteiger partial charge in [-0.15, -0.1) is 0 Å². The molecule has 0 radical (unpaired) electrons. The molecule has 11 atom stereocenters. The molecular weight excluding hydrogens is 548 g/mol. The number of carbonyl (C=O) groups is 1. The summed E-state index contributed by atoms with van der Waals surface area (Å²) in [7, 11) is -3.66. The van der Waals surface area contributed by atoms with Crippen molar-refractivity contribution in [2.24, 2.45) is 57.7 Å². The van der Waals surface area contributed by atoms with Gasteiger partial charge in [-0.1, -0.05) is 48.0 Å². The molecule has 5 saturated carbocycles. The number of urea groups is 1. The van der Waals surface area contributed by atoms with E-state index in [0.717, 1.165) is 64.2 Å². The van der Waals surface area contributed by atoms with Gasteiger partial charge in [-0.25, -0.2) is 17.9 Å². The summed E-state index contributed by atoms with van der Waals surface area (Å²) in [6.45, 7) is 14.3. The molecule has 0 spiro atoms. The minimum Gasteiger partial charge on any atom is -0.393 e. The minimum absolute atomic E-state index is 0.173. The number of hydrogen-bond acceptors (Lipinski definition) is 5. The normalized spacial score (nSPS) is 44.4. The van der Waals surface area contributed by atoms with Crippen molar-refractivity contribution < 1.29 is 23.4 Å². The Morgan fingerprint density at radius 3 is 2.19 bits per heavy atom. The van der Waals surface area contributed by atoms with Crippen molar-refractivity contribution in [3.05, 3.63) is 0 Å². The van der Waals surface area contributed by atoms with E-state index in [9.17, 15) is 23.4 Å². The molecule has 5 aliphatic rings. The Balaban J connectivity index is 1.18. The topological polar surface area (TPSA) is 116 Å². The molecule has 4 N–H and O–H groups in total. The van der Waals surface area contributed by atoms with Crippen LogP contribution in [0.4, 0.5) is 4.79 Å². The summed E-state index contributed by atoms with van der Waals surface area (Å²) < 4.78 is 27.9. The summed E-state index contributed by atoms with van der Waals surface area (Å²) in [5.41, 5.74) is 0.560. The number of fused-ring (bicyclic) bond motifs is 5. The highest BCUT2D eigenvalue weighted by Crippen LogP contribution is 2.69. The van der Waals surface area contributed by atoms with E-state index in [4.69, 9.17) is 0 Å². The average molecular weight is 609 g/mol. The summed E-state index contributed by atoms with van der Waals surface area (Å²) in [5.74, 6) is 3.00. The van der Waals surface area contributed by atoms with Gasteiger partial charge >= 0.3 is 6.03 Å². The zero-order valence-electron chi connectivity index (χ0n) is 27.2. The predicted molar refractivity (Wildman–Crippen MR) is 167 cm³/mol. The zero-order chi connectivity index (χ0) is 30.7. The van der Waals surface area contributed by atoms with E-state index in [1.807, 2.05) is 0 Å². The molecule has 0 bridgehead atoms. The van der Waals surface area contributed by atoms with Crippen LogP contribution in [0.25, 0.3) is 0 Å². The Morgan fingerprint density at radius 2 is 1.52 bits per heavy atom. The van der Waals surface area contributed by atoms with E-state index in [2.05, 4.69) is 51.6 Å². The molecule has 42 heavy (non-hydrogen) atoms. The van der Waals surface area contributed by atoms with Gasteiger partial charge in [0.15, 0.2) is 0 Å². The first-order valence-corrected chi connectivity index (χ1v) is 18.8. The lowest BCUT2D eigenvalue weighted by atomic mass is 9.41. The maximum Gasteiger partial charge on any atom is 0.328 e. The molecule has 5 rings (SSSR count). The van der Waals surface area contributed by atoms with Crippen molar-refractivity contribution in [1.82, 2.24) is 10.0 Å². The second-order valence-electron chi connectivity index (χ2n) is 16.7. The SMILES string of the molecule is CC[C@H]1[C@@H](O)[C@@H]2[C@H](CC[C@]3(C)[C@@H]([C@H](C)CCNC(=O)NS(=O)(=O)C4CCC(C)(C)CC4)CC[C@@H]23)[C@@]2(C)CC[C@@H](O)C[C@@H]12. The number of sulfonamides is 1. The minimum atomic E-state index is -3.66. The number of nitrogens with one attached hydrogen (secondary N) is 2. The van der Waals surface area contributed by atoms with Gasteiger partial charge in [0.05, 0.1) is 17.5 Å². The third-order valence-corrected chi connectivity index (χ3v) is 15.8. The first-order chi connectivity index (χ1) is 19.6. The third-order valence-electron chi connectivity index (χ3n) is 14.0. The van der Waals surface area contributed by atoms with E-state index in [0.29, 0.717) is 54.9 Å². The van der Waals surface area contributed by atoms with Crippen LogP contribution in [0.3, 0.4) is 0 Å². The number of aliphatic hydroxyl groups is 2. The molecule has 8 heteroatoms. The second kappa shape index (κ2) is 11.8. The lowest BCUT2D eigenvalue weighted by Gasteiger charge is -2.64. The summed E-state index contributed by atoms with van der Waals surface area (Å²) in [6.07, 6.45) is 11.7. The third kappa shape index (κ3) is 5.79. The number of aliphatic hydroxyl groups excluding tert-OH is 2. The van der Waals surface area contributed by atoms with Crippen LogP contribution in [-0.2, 0) is 10.0 Å². The van der Waals surface area contributed by atoms with Gasteiger partial charge in [0.1, 0.15) is 0 Å². The lowest BCUT2D eigenvalue weighted by Crippen LogP contribution is -2.62. The Bertz CT molecular complexity index is 1090. The molecule has 0 aromatic heterocycles. The van der Waals surface area contributed by atoms with Crippen LogP contribution in [0.15, 0.2) is 0 Å². The quantitative estimate of drug-likeness (QED) is 0.273. The number of amides is 2. The monoisotopic (exact) mass is 608 g/mol. The summed E-state index contributed by atoms with van der Waals surface area (Å²) in [5, 5.41) is 24.8. The van der Waals surface area contributed by atoms with E-state index in [-0.39, 0.29) is 34.4 Å². The molecule has 0 aromatic rings. The molecule has 0 heterocycles. The van der Waals surface area contributed by atoms with Crippen molar-refractivity contribution in [2.75, 3.05) is 6.54 Å². The molecule has 0 aliphatic heterocycles. The lowest BCUT2D eigenvalue weighted by molar-refractivity contribution is -0.203. The first-order valence-electron chi connectivity index (χ1n) is 17.3. The maximum absolute atomic E-state index is 12.8. The smallest absolute Gasteiger partial charge is 0.328 e. The van der Waals surface area contributed by atoms with E-state index in [1.165, 1.54) is 6.42 Å². The molecule has 5 fully saturated rings. The number of hydrogen-bond donors (Lipinski definition) is 4. The van der Waals surface area contributed by atoms with Crippen LogP contribution < -0.4 is 10.0 Å². The van der Waals surface area contributed by atoms with Crippen LogP contribution in [0.5, 0.6) is 0 Å². The highest BCUT2D eigenvalue weighted by molar-refractivity contribution is 7.90. The zero-order valence-corrected chi connectivity index (χ0v) is 28.0. The molecule has 2 amide bonds. The first kappa shape index (κ1) is 32.5. The fourth-order valence-electron chi connectivity index (χ4n) is 11.5. The molecule has 0 saturated heterocycles. The van der Waals surface area contributed by atoms with Crippen molar-refractivity contribution >= 4 is 16.1 Å². The largest absolute Gasteiger partial charge is 0.393 e. The number of rotatable bonds is 7. The van der Waals surface area contributed by atoms with Crippen molar-refractivity contribution in [1.29, 1.82) is 0 Å². The van der Waals surface area contributed by atoms with E-state index in [1.54, 1.807) is 0 Å². The van der Waals surface area contributed by atoms with Gasteiger partial charge < -0.3 is 15.5 Å². The highest BCUT2D eigenvalue weighted by Gasteiger charge is 2.64. The van der Waals surface area contributed by atoms with Crippen molar-refractivity contribution in [2.45, 2.75) is 142 Å². The van der Waals surface area contributed by atoms with Crippen LogP contribution >= 0.6 is 0 Å². The summed E-state index contributed by atoms with van der Waals surface area (Å²) in [4.78, 5) is 12.6. The predicted octanol–water partition coefficient (Wildman–Crippen LogP) is 6.24. The van der Waals surface area contributed by atoms with E-state index < -0.39 is 21.3 Å². The van der Waals surface area contributed by atoms with Crippen molar-refractivity contribution in [3.8, 4) is 0 Å². The van der Waals surface area contributed by atoms with Gasteiger partial charge in [0.25, 0.3) is 0 Å².